The Morgan fingerprint density at radius 2 is 1.93 bits per heavy atom. The van der Waals surface area contributed by atoms with Crippen LogP contribution in [0.1, 0.15) is 26.2 Å². The van der Waals surface area contributed by atoms with E-state index in [1.54, 1.807) is 6.92 Å². The van der Waals surface area contributed by atoms with Crippen LogP contribution < -0.4 is 0 Å². The second-order valence-corrected chi connectivity index (χ2v) is 8.66. The predicted molar refractivity (Wildman–Crippen MR) is 96.2 cm³/mol. The van der Waals surface area contributed by atoms with Gasteiger partial charge in [0.25, 0.3) is 0 Å². The van der Waals surface area contributed by atoms with E-state index in [1.807, 2.05) is 0 Å². The number of hydrogen-bond donors (Lipinski definition) is 6. The summed E-state index contributed by atoms with van der Waals surface area (Å²) in [5.41, 5.74) is 0. The molecule has 0 spiro atoms. The molecule has 2 heterocycles. The summed E-state index contributed by atoms with van der Waals surface area (Å²) >= 11 is 0. The van der Waals surface area contributed by atoms with Gasteiger partial charge in [-0.2, -0.15) is 0 Å². The SMILES string of the molecule is CC1[C@H](OCCCC(=O)N2C[C@H](O)C[C@H]2COP(=O)(O)O)OC(CO)[C@H](O)[C@@H]1O. The van der Waals surface area contributed by atoms with E-state index in [4.69, 9.17) is 19.3 Å². The number of hydrogen-bond acceptors (Lipinski definition) is 9. The molecule has 0 aromatic heterocycles. The van der Waals surface area contributed by atoms with E-state index in [1.165, 1.54) is 4.90 Å². The summed E-state index contributed by atoms with van der Waals surface area (Å²) < 4.78 is 26.3. The van der Waals surface area contributed by atoms with E-state index in [0.29, 0.717) is 6.42 Å². The van der Waals surface area contributed by atoms with Gasteiger partial charge in [-0.1, -0.05) is 6.92 Å². The van der Waals surface area contributed by atoms with Gasteiger partial charge in [-0.25, -0.2) is 4.57 Å². The van der Waals surface area contributed by atoms with Gasteiger partial charge >= 0.3 is 7.82 Å². The monoisotopic (exact) mass is 443 g/mol. The molecule has 2 rings (SSSR count). The van der Waals surface area contributed by atoms with Gasteiger partial charge in [-0.15, -0.1) is 0 Å². The van der Waals surface area contributed by atoms with Crippen molar-refractivity contribution in [2.75, 3.05) is 26.4 Å². The molecular formula is C16H30NO11P. The molecule has 12 nitrogen and oxygen atoms in total. The Labute approximate surface area is 168 Å². The Morgan fingerprint density at radius 1 is 1.24 bits per heavy atom. The maximum Gasteiger partial charge on any atom is 0.469 e. The number of phosphoric ester groups is 1. The van der Waals surface area contributed by atoms with Gasteiger partial charge in [0, 0.05) is 18.9 Å². The van der Waals surface area contributed by atoms with Crippen molar-refractivity contribution in [3.63, 3.8) is 0 Å². The fraction of sp³-hybridized carbons (Fsp3) is 0.938. The van der Waals surface area contributed by atoms with E-state index >= 15 is 0 Å². The van der Waals surface area contributed by atoms with E-state index < -0.39 is 57.1 Å². The maximum absolute atomic E-state index is 12.4. The van der Waals surface area contributed by atoms with Crippen LogP contribution in [0.15, 0.2) is 0 Å². The van der Waals surface area contributed by atoms with Crippen molar-refractivity contribution in [1.82, 2.24) is 4.90 Å². The average molecular weight is 443 g/mol. The molecule has 6 N–H and O–H groups in total. The number of carbonyl (C=O) groups excluding carboxylic acids is 1. The molecule has 29 heavy (non-hydrogen) atoms. The topological polar surface area (TPSA) is 186 Å². The van der Waals surface area contributed by atoms with Crippen LogP contribution in [0.3, 0.4) is 0 Å². The van der Waals surface area contributed by atoms with Crippen LogP contribution >= 0.6 is 7.82 Å². The van der Waals surface area contributed by atoms with Crippen LogP contribution in [0, 0.1) is 5.92 Å². The number of carbonyl (C=O) groups is 1. The summed E-state index contributed by atoms with van der Waals surface area (Å²) in [6, 6.07) is -0.630. The van der Waals surface area contributed by atoms with Gasteiger partial charge in [-0.05, 0) is 12.8 Å². The third kappa shape index (κ3) is 6.93. The van der Waals surface area contributed by atoms with Crippen molar-refractivity contribution in [1.29, 1.82) is 0 Å². The quantitative estimate of drug-likeness (QED) is 0.170. The Hall–Kier alpha value is -0.660. The fourth-order valence-electron chi connectivity index (χ4n) is 3.52. The lowest BCUT2D eigenvalue weighted by atomic mass is 9.92. The van der Waals surface area contributed by atoms with Crippen LogP contribution in [0.4, 0.5) is 0 Å². The lowest BCUT2D eigenvalue weighted by Gasteiger charge is -2.40. The van der Waals surface area contributed by atoms with Crippen molar-refractivity contribution in [2.24, 2.45) is 5.92 Å². The van der Waals surface area contributed by atoms with Crippen molar-refractivity contribution < 1.29 is 53.6 Å². The van der Waals surface area contributed by atoms with E-state index in [9.17, 15) is 29.8 Å². The molecule has 0 radical (unpaired) electrons. The van der Waals surface area contributed by atoms with Crippen LogP contribution in [0.5, 0.6) is 0 Å². The number of nitrogens with zero attached hydrogens (tertiary/aromatic N) is 1. The number of likely N-dealkylation sites (tertiary alicyclic amines) is 1. The Balaban J connectivity index is 1.77. The molecule has 0 aromatic carbocycles. The molecule has 2 fully saturated rings. The molecule has 2 aliphatic rings. The Kier molecular flexibility index (Phi) is 8.98. The van der Waals surface area contributed by atoms with Crippen LogP contribution in [-0.2, 0) is 23.4 Å². The second-order valence-electron chi connectivity index (χ2n) is 7.42. The molecular weight excluding hydrogens is 413 g/mol. The van der Waals surface area contributed by atoms with Crippen molar-refractivity contribution >= 4 is 13.7 Å². The predicted octanol–water partition coefficient (Wildman–Crippen LogP) is -2.07. The first-order valence-electron chi connectivity index (χ1n) is 9.45. The van der Waals surface area contributed by atoms with Crippen LogP contribution in [0.25, 0.3) is 0 Å². The molecule has 0 saturated carbocycles. The normalized spacial score (nSPS) is 35.8. The van der Waals surface area contributed by atoms with Gasteiger partial charge in [0.05, 0.1) is 38.1 Å². The zero-order chi connectivity index (χ0) is 21.8. The summed E-state index contributed by atoms with van der Waals surface area (Å²) in [4.78, 5) is 31.4. The van der Waals surface area contributed by atoms with Gasteiger partial charge in [0.2, 0.25) is 5.91 Å². The summed E-state index contributed by atoms with van der Waals surface area (Å²) in [5, 5.41) is 38.8. The van der Waals surface area contributed by atoms with Gasteiger partial charge < -0.3 is 44.6 Å². The molecule has 170 valence electrons. The van der Waals surface area contributed by atoms with Crippen LogP contribution in [0.2, 0.25) is 0 Å². The summed E-state index contributed by atoms with van der Waals surface area (Å²) in [5.74, 6) is -0.850. The number of β-amino-alcohol motifs (C(OH)–C–C–N with tert-alkyl or cyclic N) is 1. The highest BCUT2D eigenvalue weighted by Gasteiger charge is 2.42. The molecule has 2 saturated heterocycles. The van der Waals surface area contributed by atoms with Crippen molar-refractivity contribution in [2.45, 2.75) is 62.9 Å². The minimum absolute atomic E-state index is 0.0555. The third-order valence-corrected chi connectivity index (χ3v) is 5.64. The first-order chi connectivity index (χ1) is 13.5. The Morgan fingerprint density at radius 3 is 2.55 bits per heavy atom. The fourth-order valence-corrected chi connectivity index (χ4v) is 3.88. The van der Waals surface area contributed by atoms with Gasteiger partial charge in [-0.3, -0.25) is 9.32 Å². The minimum Gasteiger partial charge on any atom is -0.394 e. The van der Waals surface area contributed by atoms with Crippen molar-refractivity contribution in [3.8, 4) is 0 Å². The third-order valence-electron chi connectivity index (χ3n) is 5.15. The van der Waals surface area contributed by atoms with E-state index in [-0.39, 0.29) is 38.5 Å². The molecule has 2 unspecified atom stereocenters. The molecule has 0 aromatic rings. The number of ether oxygens (including phenoxy) is 2. The molecule has 0 bridgehead atoms. The first kappa shape index (κ1) is 24.6. The molecule has 7 atom stereocenters. The number of aliphatic hydroxyl groups excluding tert-OH is 4. The smallest absolute Gasteiger partial charge is 0.394 e. The van der Waals surface area contributed by atoms with Crippen molar-refractivity contribution in [3.05, 3.63) is 0 Å². The van der Waals surface area contributed by atoms with Gasteiger partial charge in [0.1, 0.15) is 12.2 Å². The Bertz CT molecular complexity index is 585. The minimum atomic E-state index is -4.67. The first-order valence-corrected chi connectivity index (χ1v) is 11.0. The molecule has 1 amide bonds. The molecule has 0 aliphatic carbocycles. The summed E-state index contributed by atoms with van der Waals surface area (Å²) in [6.45, 7) is 0.953. The van der Waals surface area contributed by atoms with E-state index in [0.717, 1.165) is 0 Å². The number of aliphatic hydroxyl groups is 4. The van der Waals surface area contributed by atoms with Gasteiger partial charge in [0.15, 0.2) is 6.29 Å². The zero-order valence-electron chi connectivity index (χ0n) is 16.1. The molecule has 13 heteroatoms. The molecule has 2 aliphatic heterocycles. The highest BCUT2D eigenvalue weighted by atomic mass is 31.2. The number of amides is 1. The van der Waals surface area contributed by atoms with E-state index in [2.05, 4.69) is 4.52 Å². The highest BCUT2D eigenvalue weighted by Crippen LogP contribution is 2.37. The summed E-state index contributed by atoms with van der Waals surface area (Å²) in [6.07, 6.45) is -4.41. The lowest BCUT2D eigenvalue weighted by molar-refractivity contribution is -0.282. The summed E-state index contributed by atoms with van der Waals surface area (Å²) in [7, 11) is -4.67. The standard InChI is InChI=1S/C16H30NO11P/c1-9-14(21)15(22)12(7-18)28-16(9)26-4-2-3-13(20)17-6-11(19)5-10(17)8-27-29(23,24)25/h9-12,14-16,18-19,21-22H,2-8H2,1H3,(H2,23,24,25)/t9?,10-,11+,12?,14+,15-,16+/m0/s1. The van der Waals surface area contributed by atoms with Crippen LogP contribution in [-0.4, -0.2) is 104 Å². The number of phosphoric acid groups is 1. The lowest BCUT2D eigenvalue weighted by Crippen LogP contribution is -2.55. The average Bonchev–Trinajstić information content (AvgIpc) is 3.03. The second kappa shape index (κ2) is 10.6. The largest absolute Gasteiger partial charge is 0.469 e. The highest BCUT2D eigenvalue weighted by molar-refractivity contribution is 7.46. The number of rotatable bonds is 9. The zero-order valence-corrected chi connectivity index (χ0v) is 17.0. The maximum atomic E-state index is 12.4.